The van der Waals surface area contributed by atoms with Crippen molar-refractivity contribution in [2.45, 2.75) is 50.9 Å². The van der Waals surface area contributed by atoms with Crippen LogP contribution in [-0.2, 0) is 4.74 Å². The highest BCUT2D eigenvalue weighted by Gasteiger charge is 2.60. The molecule has 7 rings (SSSR count). The van der Waals surface area contributed by atoms with Gasteiger partial charge in [0, 0.05) is 29.5 Å². The minimum atomic E-state index is -1.38. The Morgan fingerprint density at radius 1 is 1.02 bits per heavy atom. The molecular formula is C35H40ClN3O6. The summed E-state index contributed by atoms with van der Waals surface area (Å²) in [6.45, 7) is 2.50. The summed E-state index contributed by atoms with van der Waals surface area (Å²) in [5, 5.41) is 23.6. The van der Waals surface area contributed by atoms with Gasteiger partial charge in [0.2, 0.25) is 0 Å². The van der Waals surface area contributed by atoms with Crippen molar-refractivity contribution < 1.29 is 29.3 Å². The SMILES string of the molecule is Cc1ccccc1-c1ccc(C(=O)NC2(OC(=O)O)C3CC4CC(C3)CC2C4)nc1-c1ccc(Cl)c(OC[C@H](O)CN(C)C)c1. The van der Waals surface area contributed by atoms with Gasteiger partial charge in [0.05, 0.1) is 10.7 Å². The summed E-state index contributed by atoms with van der Waals surface area (Å²) in [4.78, 5) is 32.7. The molecule has 4 bridgehead atoms. The van der Waals surface area contributed by atoms with E-state index in [2.05, 4.69) is 5.32 Å². The number of ether oxygens (including phenoxy) is 2. The molecule has 4 aliphatic rings. The second kappa shape index (κ2) is 12.6. The van der Waals surface area contributed by atoms with Crippen molar-refractivity contribution in [3.8, 4) is 28.1 Å². The van der Waals surface area contributed by atoms with E-state index in [-0.39, 0.29) is 24.1 Å². The third-order valence-corrected chi connectivity index (χ3v) is 10.0. The number of carbonyl (C=O) groups is 2. The lowest BCUT2D eigenvalue weighted by molar-refractivity contribution is -0.191. The number of aromatic nitrogens is 1. The van der Waals surface area contributed by atoms with Gasteiger partial charge in [0.1, 0.15) is 24.2 Å². The Kier molecular flexibility index (Phi) is 8.78. The standard InChI is InChI=1S/C35H40ClN3O6/c1-20-6-4-5-7-27(20)28-9-11-30(37-32(28)23-8-10-29(36)31(17-23)44-19-26(40)18-39(2)3)33(41)38-35(45-34(42)43)24-13-21-12-22(15-24)16-25(35)14-21/h4-11,17,21-22,24-26,40H,12-16,18-19H2,1-3H3,(H,38,41)(H,42,43)/t21?,22?,24?,25?,26-,35?/m1/s1. The van der Waals surface area contributed by atoms with E-state index in [1.165, 1.54) is 6.42 Å². The smallest absolute Gasteiger partial charge is 0.489 e. The summed E-state index contributed by atoms with van der Waals surface area (Å²) in [5.74, 6) is 0.911. The van der Waals surface area contributed by atoms with E-state index < -0.39 is 23.9 Å². The average molecular weight is 634 g/mol. The Morgan fingerprint density at radius 3 is 2.36 bits per heavy atom. The highest BCUT2D eigenvalue weighted by molar-refractivity contribution is 6.32. The fourth-order valence-electron chi connectivity index (χ4n) is 7.99. The highest BCUT2D eigenvalue weighted by atomic mass is 35.5. The molecule has 9 nitrogen and oxygen atoms in total. The topological polar surface area (TPSA) is 121 Å². The molecule has 238 valence electrons. The van der Waals surface area contributed by atoms with Crippen molar-refractivity contribution in [2.75, 3.05) is 27.2 Å². The minimum absolute atomic E-state index is 0.0532. The van der Waals surface area contributed by atoms with Crippen LogP contribution in [0, 0.1) is 30.6 Å². The lowest BCUT2D eigenvalue weighted by atomic mass is 9.52. The molecule has 1 aromatic heterocycles. The molecule has 0 saturated heterocycles. The number of amides is 1. The Morgan fingerprint density at radius 2 is 1.71 bits per heavy atom. The molecule has 0 unspecified atom stereocenters. The van der Waals surface area contributed by atoms with Crippen LogP contribution in [0.3, 0.4) is 0 Å². The number of carbonyl (C=O) groups excluding carboxylic acids is 1. The molecule has 4 fully saturated rings. The zero-order valence-electron chi connectivity index (χ0n) is 25.8. The molecule has 0 spiro atoms. The van der Waals surface area contributed by atoms with Gasteiger partial charge in [-0.05, 0) is 100 Å². The number of halogens is 1. The zero-order chi connectivity index (χ0) is 31.9. The molecule has 10 heteroatoms. The van der Waals surface area contributed by atoms with E-state index in [1.807, 2.05) is 62.3 Å². The van der Waals surface area contributed by atoms with Gasteiger partial charge in [-0.3, -0.25) is 4.79 Å². The van der Waals surface area contributed by atoms with E-state index in [0.29, 0.717) is 40.4 Å². The second-order valence-corrected chi connectivity index (χ2v) is 13.6. The lowest BCUT2D eigenvalue weighted by Crippen LogP contribution is -2.68. The van der Waals surface area contributed by atoms with Crippen LogP contribution < -0.4 is 10.1 Å². The van der Waals surface area contributed by atoms with Gasteiger partial charge in [0.25, 0.3) is 5.91 Å². The predicted octanol–water partition coefficient (Wildman–Crippen LogP) is 6.26. The Hall–Kier alpha value is -3.66. The average Bonchev–Trinajstić information content (AvgIpc) is 2.98. The zero-order valence-corrected chi connectivity index (χ0v) is 26.6. The number of nitrogens with one attached hydrogen (secondary N) is 1. The minimum Gasteiger partial charge on any atom is -0.489 e. The van der Waals surface area contributed by atoms with E-state index in [1.54, 1.807) is 18.2 Å². The van der Waals surface area contributed by atoms with Crippen molar-refractivity contribution in [3.63, 3.8) is 0 Å². The fourth-order valence-corrected chi connectivity index (χ4v) is 8.16. The van der Waals surface area contributed by atoms with Gasteiger partial charge >= 0.3 is 6.16 Å². The maximum absolute atomic E-state index is 14.0. The quantitative estimate of drug-likeness (QED) is 0.177. The van der Waals surface area contributed by atoms with Crippen LogP contribution in [0.2, 0.25) is 5.02 Å². The maximum Gasteiger partial charge on any atom is 0.507 e. The van der Waals surface area contributed by atoms with Crippen molar-refractivity contribution >= 4 is 23.7 Å². The van der Waals surface area contributed by atoms with Crippen LogP contribution in [-0.4, -0.2) is 71.2 Å². The summed E-state index contributed by atoms with van der Waals surface area (Å²) < 4.78 is 11.6. The van der Waals surface area contributed by atoms with Crippen molar-refractivity contribution in [3.05, 3.63) is 70.9 Å². The van der Waals surface area contributed by atoms with E-state index in [4.69, 9.17) is 26.1 Å². The number of nitrogens with zero attached hydrogens (tertiary/aromatic N) is 2. The number of hydrogen-bond donors (Lipinski definition) is 3. The number of pyridine rings is 1. The third-order valence-electron chi connectivity index (χ3n) is 9.69. The highest BCUT2D eigenvalue weighted by Crippen LogP contribution is 2.58. The Bertz CT molecular complexity index is 1570. The molecule has 1 amide bonds. The number of aliphatic hydroxyl groups is 1. The maximum atomic E-state index is 14.0. The first-order chi connectivity index (χ1) is 21.5. The molecular weight excluding hydrogens is 594 g/mol. The first kappa shape index (κ1) is 31.3. The number of benzene rings is 2. The van der Waals surface area contributed by atoms with Crippen molar-refractivity contribution in [1.82, 2.24) is 15.2 Å². The van der Waals surface area contributed by atoms with Gasteiger partial charge < -0.3 is 29.9 Å². The van der Waals surface area contributed by atoms with Crippen LogP contribution in [0.4, 0.5) is 4.79 Å². The molecule has 4 aliphatic carbocycles. The van der Waals surface area contributed by atoms with Gasteiger partial charge in [-0.15, -0.1) is 0 Å². The van der Waals surface area contributed by atoms with Gasteiger partial charge in [-0.2, -0.15) is 0 Å². The summed E-state index contributed by atoms with van der Waals surface area (Å²) in [6.07, 6.45) is 2.49. The molecule has 1 heterocycles. The number of carboxylic acid groups (broad SMARTS) is 1. The molecule has 3 aromatic rings. The normalized spacial score (nSPS) is 25.6. The summed E-state index contributed by atoms with van der Waals surface area (Å²) in [5.41, 5.74) is 2.93. The van der Waals surface area contributed by atoms with Crippen LogP contribution in [0.1, 0.15) is 48.2 Å². The molecule has 0 radical (unpaired) electrons. The van der Waals surface area contributed by atoms with Crippen LogP contribution in [0.5, 0.6) is 5.75 Å². The summed E-state index contributed by atoms with van der Waals surface area (Å²) in [7, 11) is 3.74. The van der Waals surface area contributed by atoms with Crippen LogP contribution in [0.25, 0.3) is 22.4 Å². The third kappa shape index (κ3) is 6.39. The molecule has 2 aromatic carbocycles. The second-order valence-electron chi connectivity index (χ2n) is 13.2. The number of aliphatic hydroxyl groups excluding tert-OH is 1. The van der Waals surface area contributed by atoms with Crippen LogP contribution in [0.15, 0.2) is 54.6 Å². The van der Waals surface area contributed by atoms with Gasteiger partial charge in [-0.25, -0.2) is 9.78 Å². The van der Waals surface area contributed by atoms with Crippen LogP contribution >= 0.6 is 11.6 Å². The monoisotopic (exact) mass is 633 g/mol. The van der Waals surface area contributed by atoms with E-state index in [9.17, 15) is 19.8 Å². The Balaban J connectivity index is 1.36. The van der Waals surface area contributed by atoms with Gasteiger partial charge in [-0.1, -0.05) is 41.9 Å². The summed E-state index contributed by atoms with van der Waals surface area (Å²) in [6, 6.07) is 16.8. The first-order valence-corrected chi connectivity index (χ1v) is 16.0. The number of rotatable bonds is 10. The molecule has 3 N–H and O–H groups in total. The fraction of sp³-hybridized carbons (Fsp3) is 0.457. The molecule has 45 heavy (non-hydrogen) atoms. The number of likely N-dealkylation sites (N-methyl/N-ethyl adjacent to an activating group) is 1. The Labute approximate surface area is 268 Å². The first-order valence-electron chi connectivity index (χ1n) is 15.6. The largest absolute Gasteiger partial charge is 0.507 e. The predicted molar refractivity (Wildman–Crippen MR) is 171 cm³/mol. The number of hydrogen-bond acceptors (Lipinski definition) is 7. The lowest BCUT2D eigenvalue weighted by Gasteiger charge is -2.59. The van der Waals surface area contributed by atoms with E-state index in [0.717, 1.165) is 42.4 Å². The number of aryl methyl sites for hydroxylation is 1. The summed E-state index contributed by atoms with van der Waals surface area (Å²) >= 11 is 6.50. The van der Waals surface area contributed by atoms with Crippen molar-refractivity contribution in [2.24, 2.45) is 23.7 Å². The molecule has 0 aliphatic heterocycles. The van der Waals surface area contributed by atoms with Gasteiger partial charge in [0.15, 0.2) is 5.72 Å². The molecule has 1 atom stereocenters. The van der Waals surface area contributed by atoms with E-state index >= 15 is 0 Å². The van der Waals surface area contributed by atoms with Crippen molar-refractivity contribution in [1.29, 1.82) is 0 Å². The molecule has 4 saturated carbocycles.